The summed E-state index contributed by atoms with van der Waals surface area (Å²) in [7, 11) is 1.27. The number of nitrogens with one attached hydrogen (secondary N) is 1. The standard InChI is InChI=1S/C24H25F4N7O3/c1-38-23-14(22(37)33-17-10-34(9-16(17)25)19(36)5-12-3-2-4-12)6-13(8-30-23)18-7-15(24(26,27)28)20-21(29)31-11-32-35(18)20/h6-8,11-12,16-17H,2-5,9-10H2,1H3,(H,33,37)(H2,29,31,32)/t16-,17+/m0/s1. The van der Waals surface area contributed by atoms with Crippen molar-refractivity contribution in [1.29, 1.82) is 0 Å². The minimum Gasteiger partial charge on any atom is -0.480 e. The fourth-order valence-corrected chi connectivity index (χ4v) is 4.83. The van der Waals surface area contributed by atoms with Gasteiger partial charge in [0.1, 0.15) is 23.6 Å². The van der Waals surface area contributed by atoms with Gasteiger partial charge in [-0.3, -0.25) is 9.59 Å². The first kappa shape index (κ1) is 25.7. The Balaban J connectivity index is 1.42. The van der Waals surface area contributed by atoms with Crippen molar-refractivity contribution in [3.63, 3.8) is 0 Å². The Labute approximate surface area is 214 Å². The van der Waals surface area contributed by atoms with Gasteiger partial charge in [0.05, 0.1) is 31.0 Å². The molecule has 1 aliphatic carbocycles. The Bertz CT molecular complexity index is 1390. The van der Waals surface area contributed by atoms with Gasteiger partial charge in [0, 0.05) is 24.7 Å². The molecule has 14 heteroatoms. The first-order chi connectivity index (χ1) is 18.1. The van der Waals surface area contributed by atoms with E-state index in [0.29, 0.717) is 12.3 Å². The van der Waals surface area contributed by atoms with Crippen molar-refractivity contribution in [3.05, 3.63) is 35.8 Å². The van der Waals surface area contributed by atoms with E-state index in [1.165, 1.54) is 24.3 Å². The third kappa shape index (κ3) is 4.70. The lowest BCUT2D eigenvalue weighted by atomic mass is 9.83. The zero-order chi connectivity index (χ0) is 27.2. The third-order valence-corrected chi connectivity index (χ3v) is 7.08. The van der Waals surface area contributed by atoms with E-state index in [1.54, 1.807) is 0 Å². The Hall–Kier alpha value is -3.97. The summed E-state index contributed by atoms with van der Waals surface area (Å²) in [6.45, 7) is -0.105. The van der Waals surface area contributed by atoms with E-state index in [1.807, 2.05) is 0 Å². The van der Waals surface area contributed by atoms with E-state index >= 15 is 0 Å². The molecule has 3 aromatic rings. The molecule has 2 amide bonds. The maximum Gasteiger partial charge on any atom is 0.418 e. The van der Waals surface area contributed by atoms with Crippen LogP contribution >= 0.6 is 0 Å². The molecule has 38 heavy (non-hydrogen) atoms. The van der Waals surface area contributed by atoms with Crippen LogP contribution in [0.2, 0.25) is 0 Å². The molecule has 4 heterocycles. The molecule has 2 aliphatic rings. The van der Waals surface area contributed by atoms with Gasteiger partial charge in [-0.1, -0.05) is 6.42 Å². The Morgan fingerprint density at radius 3 is 2.63 bits per heavy atom. The van der Waals surface area contributed by atoms with Crippen LogP contribution in [0.25, 0.3) is 16.8 Å². The van der Waals surface area contributed by atoms with E-state index in [-0.39, 0.29) is 47.5 Å². The largest absolute Gasteiger partial charge is 0.480 e. The minimum atomic E-state index is -4.75. The number of nitrogen functional groups attached to an aromatic ring is 1. The van der Waals surface area contributed by atoms with Crippen LogP contribution in [-0.2, 0) is 11.0 Å². The number of carbonyl (C=O) groups is 2. The lowest BCUT2D eigenvalue weighted by Crippen LogP contribution is -2.42. The molecule has 0 radical (unpaired) electrons. The first-order valence-corrected chi connectivity index (χ1v) is 12.0. The maximum absolute atomic E-state index is 14.8. The second kappa shape index (κ2) is 9.72. The maximum atomic E-state index is 14.8. The number of alkyl halides is 4. The summed E-state index contributed by atoms with van der Waals surface area (Å²) in [5.74, 6) is -1.04. The predicted molar refractivity (Wildman–Crippen MR) is 127 cm³/mol. The molecule has 0 bridgehead atoms. The van der Waals surface area contributed by atoms with Gasteiger partial charge in [-0.25, -0.2) is 18.9 Å². The number of aromatic nitrogens is 4. The van der Waals surface area contributed by atoms with Crippen molar-refractivity contribution in [3.8, 4) is 17.1 Å². The summed E-state index contributed by atoms with van der Waals surface area (Å²) in [5.41, 5.74) is 4.17. The summed E-state index contributed by atoms with van der Waals surface area (Å²) >= 11 is 0. The van der Waals surface area contributed by atoms with Crippen LogP contribution in [0.5, 0.6) is 5.88 Å². The number of ether oxygens (including phenoxy) is 1. The molecule has 3 N–H and O–H groups in total. The van der Waals surface area contributed by atoms with Crippen LogP contribution in [0.4, 0.5) is 23.4 Å². The third-order valence-electron chi connectivity index (χ3n) is 7.08. The Morgan fingerprint density at radius 2 is 1.97 bits per heavy atom. The van der Waals surface area contributed by atoms with Gasteiger partial charge in [0.15, 0.2) is 5.82 Å². The van der Waals surface area contributed by atoms with Crippen LogP contribution in [0.3, 0.4) is 0 Å². The molecular weight excluding hydrogens is 510 g/mol. The van der Waals surface area contributed by atoms with Gasteiger partial charge in [-0.05, 0) is 30.9 Å². The van der Waals surface area contributed by atoms with Crippen LogP contribution in [0.1, 0.15) is 41.6 Å². The van der Waals surface area contributed by atoms with Crippen LogP contribution in [0.15, 0.2) is 24.7 Å². The zero-order valence-corrected chi connectivity index (χ0v) is 20.3. The van der Waals surface area contributed by atoms with Gasteiger partial charge in [-0.2, -0.15) is 18.3 Å². The average molecular weight is 536 g/mol. The number of hydrogen-bond donors (Lipinski definition) is 2. The first-order valence-electron chi connectivity index (χ1n) is 12.0. The SMILES string of the molecule is COc1ncc(-c2cc(C(F)(F)F)c3c(N)ncnn23)cc1C(=O)N[C@@H]1CN(C(=O)CC2CCC2)C[C@@H]1F. The number of halogens is 4. The fourth-order valence-electron chi connectivity index (χ4n) is 4.83. The molecule has 0 aromatic carbocycles. The number of methoxy groups -OCH3 is 1. The number of rotatable bonds is 6. The molecule has 0 spiro atoms. The van der Waals surface area contributed by atoms with Gasteiger partial charge in [-0.15, -0.1) is 0 Å². The van der Waals surface area contributed by atoms with Gasteiger partial charge < -0.3 is 20.7 Å². The number of likely N-dealkylation sites (tertiary alicyclic amines) is 1. The van der Waals surface area contributed by atoms with E-state index in [4.69, 9.17) is 10.5 Å². The monoisotopic (exact) mass is 535 g/mol. The van der Waals surface area contributed by atoms with Gasteiger partial charge in [0.25, 0.3) is 5.91 Å². The summed E-state index contributed by atoms with van der Waals surface area (Å²) in [6, 6.07) is 1.16. The second-order valence-electron chi connectivity index (χ2n) is 9.52. The molecule has 3 aromatic heterocycles. The lowest BCUT2D eigenvalue weighted by molar-refractivity contribution is -0.136. The zero-order valence-electron chi connectivity index (χ0n) is 20.3. The molecule has 5 rings (SSSR count). The molecule has 0 unspecified atom stereocenters. The van der Waals surface area contributed by atoms with Crippen molar-refractivity contribution in [2.45, 2.75) is 44.1 Å². The van der Waals surface area contributed by atoms with E-state index in [0.717, 1.165) is 36.2 Å². The Morgan fingerprint density at radius 1 is 1.21 bits per heavy atom. The summed E-state index contributed by atoms with van der Waals surface area (Å²) in [5, 5.41) is 6.48. The molecule has 202 valence electrons. The fraction of sp³-hybridized carbons (Fsp3) is 0.458. The number of nitrogens with two attached hydrogens (primary N) is 1. The number of fused-ring (bicyclic) bond motifs is 1. The van der Waals surface area contributed by atoms with Gasteiger partial charge >= 0.3 is 6.18 Å². The normalized spacial score (nSPS) is 20.0. The van der Waals surface area contributed by atoms with Crippen molar-refractivity contribution in [1.82, 2.24) is 29.8 Å². The number of pyridine rings is 1. The topological polar surface area (TPSA) is 128 Å². The molecule has 2 fully saturated rings. The van der Waals surface area contributed by atoms with Gasteiger partial charge in [0.2, 0.25) is 11.8 Å². The molecule has 1 aliphatic heterocycles. The second-order valence-corrected chi connectivity index (χ2v) is 9.52. The predicted octanol–water partition coefficient (Wildman–Crippen LogP) is 2.87. The number of nitrogens with zero attached hydrogens (tertiary/aromatic N) is 5. The van der Waals surface area contributed by atoms with Crippen LogP contribution in [0, 0.1) is 5.92 Å². The molecule has 1 saturated heterocycles. The summed E-state index contributed by atoms with van der Waals surface area (Å²) in [4.78, 5) is 34.8. The number of amides is 2. The quantitative estimate of drug-likeness (QED) is 0.465. The molecule has 2 atom stereocenters. The minimum absolute atomic E-state index is 0.0162. The highest BCUT2D eigenvalue weighted by atomic mass is 19.4. The van der Waals surface area contributed by atoms with E-state index in [2.05, 4.69) is 20.4 Å². The molecule has 1 saturated carbocycles. The summed E-state index contributed by atoms with van der Waals surface area (Å²) in [6.07, 6.45) is -0.552. The van der Waals surface area contributed by atoms with E-state index < -0.39 is 35.4 Å². The van der Waals surface area contributed by atoms with Crippen molar-refractivity contribution in [2.24, 2.45) is 5.92 Å². The van der Waals surface area contributed by atoms with Crippen LogP contribution in [-0.4, -0.2) is 68.7 Å². The highest BCUT2D eigenvalue weighted by molar-refractivity contribution is 5.98. The number of carbonyl (C=O) groups excluding carboxylic acids is 2. The molecule has 10 nitrogen and oxygen atoms in total. The van der Waals surface area contributed by atoms with Crippen molar-refractivity contribution >= 4 is 23.1 Å². The van der Waals surface area contributed by atoms with Crippen LogP contribution < -0.4 is 15.8 Å². The van der Waals surface area contributed by atoms with Crippen molar-refractivity contribution < 1.29 is 31.9 Å². The highest BCUT2D eigenvalue weighted by Crippen LogP contribution is 2.39. The highest BCUT2D eigenvalue weighted by Gasteiger charge is 2.39. The number of hydrogen-bond acceptors (Lipinski definition) is 7. The van der Waals surface area contributed by atoms with E-state index in [9.17, 15) is 27.2 Å². The average Bonchev–Trinajstić information content (AvgIpc) is 3.42. The Kier molecular flexibility index (Phi) is 6.57. The van der Waals surface area contributed by atoms with Crippen molar-refractivity contribution in [2.75, 3.05) is 25.9 Å². The summed E-state index contributed by atoms with van der Waals surface area (Å²) < 4.78 is 62.0. The molecular formula is C24H25F4N7O3. The number of anilines is 1. The smallest absolute Gasteiger partial charge is 0.418 e. The lowest BCUT2D eigenvalue weighted by Gasteiger charge is -2.27.